The number of nitrogens with one attached hydrogen (secondary N) is 1. The Morgan fingerprint density at radius 2 is 2.08 bits per heavy atom. The lowest BCUT2D eigenvalue weighted by Crippen LogP contribution is -2.38. The summed E-state index contributed by atoms with van der Waals surface area (Å²) in [5.41, 5.74) is 7.77. The lowest BCUT2D eigenvalue weighted by Gasteiger charge is -2.19. The maximum atomic E-state index is 11.3. The highest BCUT2D eigenvalue weighted by Crippen LogP contribution is 2.43. The molecule has 0 bridgehead atoms. The van der Waals surface area contributed by atoms with Crippen LogP contribution in [0.1, 0.15) is 36.5 Å². The number of primary amides is 1. The molecule has 10 heteroatoms. The quantitative estimate of drug-likeness (QED) is 0.608. The highest BCUT2D eigenvalue weighted by Gasteiger charge is 2.46. The highest BCUT2D eigenvalue weighted by atomic mass is 35.5. The number of nitrogens with zero attached hydrogens (tertiary/aromatic N) is 2. The highest BCUT2D eigenvalue weighted by molar-refractivity contribution is 6.32. The second-order valence-corrected chi connectivity index (χ2v) is 5.49. The monoisotopic (exact) mass is 378 g/mol. The average molecular weight is 379 g/mol. The first kappa shape index (κ1) is 20.8. The minimum Gasteiger partial charge on any atom is -0.366 e. The third kappa shape index (κ3) is 6.61. The van der Waals surface area contributed by atoms with Gasteiger partial charge in [-0.15, -0.1) is 0 Å². The van der Waals surface area contributed by atoms with Crippen LogP contribution in [0.5, 0.6) is 0 Å². The molecule has 0 spiro atoms. The van der Waals surface area contributed by atoms with Gasteiger partial charge in [0.2, 0.25) is 5.91 Å². The number of hydrogen-bond donors (Lipinski definition) is 2. The molecule has 1 aromatic heterocycles. The molecular formula is C15H18ClF3N4O2. The topological polar surface area (TPSA) is 88.3 Å². The molecule has 1 aliphatic carbocycles. The fourth-order valence-corrected chi connectivity index (χ4v) is 1.81. The van der Waals surface area contributed by atoms with E-state index in [2.05, 4.69) is 17.0 Å². The number of anilines is 1. The summed E-state index contributed by atoms with van der Waals surface area (Å²) in [7, 11) is 0. The van der Waals surface area contributed by atoms with E-state index >= 15 is 0 Å². The van der Waals surface area contributed by atoms with Crippen molar-refractivity contribution in [3.8, 4) is 0 Å². The number of alkyl halides is 3. The van der Waals surface area contributed by atoms with Crippen LogP contribution in [0, 0.1) is 5.92 Å². The van der Waals surface area contributed by atoms with Crippen molar-refractivity contribution in [2.45, 2.75) is 32.4 Å². The zero-order valence-electron chi connectivity index (χ0n) is 13.4. The number of carbonyl (C=O) groups is 2. The second kappa shape index (κ2) is 8.70. The molecule has 1 saturated carbocycles. The predicted octanol–water partition coefficient (Wildman–Crippen LogP) is 3.18. The number of pyridine rings is 1. The first-order valence-corrected chi connectivity index (χ1v) is 7.72. The van der Waals surface area contributed by atoms with Crippen molar-refractivity contribution in [1.29, 1.82) is 0 Å². The number of aromatic nitrogens is 1. The van der Waals surface area contributed by atoms with Gasteiger partial charge in [0.15, 0.2) is 5.82 Å². The molecule has 138 valence electrons. The summed E-state index contributed by atoms with van der Waals surface area (Å²) in [6.45, 7) is 5.26. The Balaban J connectivity index is 0.000000370. The van der Waals surface area contributed by atoms with Gasteiger partial charge in [-0.25, -0.2) is 9.99 Å². The Hall–Kier alpha value is -2.29. The van der Waals surface area contributed by atoms with Gasteiger partial charge in [-0.05, 0) is 25.0 Å². The SMILES string of the molecule is C=CN(NC(=O)CC)c1ccc(C(N)=O)c(Cl)n1.FC(F)(F)C1CC1. The van der Waals surface area contributed by atoms with Crippen LogP contribution >= 0.6 is 11.6 Å². The Morgan fingerprint density at radius 3 is 2.40 bits per heavy atom. The van der Waals surface area contributed by atoms with Crippen molar-refractivity contribution in [3.63, 3.8) is 0 Å². The number of hydrazine groups is 1. The molecule has 25 heavy (non-hydrogen) atoms. The largest absolute Gasteiger partial charge is 0.391 e. The van der Waals surface area contributed by atoms with Crippen LogP contribution in [-0.4, -0.2) is 23.0 Å². The van der Waals surface area contributed by atoms with Gasteiger partial charge >= 0.3 is 6.18 Å². The fraction of sp³-hybridized carbons (Fsp3) is 0.400. The number of carbonyl (C=O) groups excluding carboxylic acids is 2. The van der Waals surface area contributed by atoms with Gasteiger partial charge in [0, 0.05) is 12.6 Å². The zero-order chi connectivity index (χ0) is 19.2. The van der Waals surface area contributed by atoms with Gasteiger partial charge < -0.3 is 5.73 Å². The van der Waals surface area contributed by atoms with Crippen molar-refractivity contribution in [1.82, 2.24) is 10.4 Å². The minimum atomic E-state index is -3.89. The van der Waals surface area contributed by atoms with E-state index in [1.807, 2.05) is 0 Å². The summed E-state index contributed by atoms with van der Waals surface area (Å²) in [5.74, 6) is -1.48. The van der Waals surface area contributed by atoms with E-state index in [4.69, 9.17) is 17.3 Å². The maximum Gasteiger partial charge on any atom is 0.391 e. The van der Waals surface area contributed by atoms with Crippen LogP contribution in [0.25, 0.3) is 0 Å². The van der Waals surface area contributed by atoms with E-state index in [0.717, 1.165) is 0 Å². The molecule has 0 unspecified atom stereocenters. The summed E-state index contributed by atoms with van der Waals surface area (Å²) >= 11 is 5.81. The Bertz CT molecular complexity index is 648. The van der Waals surface area contributed by atoms with E-state index in [0.29, 0.717) is 25.1 Å². The normalized spacial score (nSPS) is 13.3. The van der Waals surface area contributed by atoms with Crippen LogP contribution in [0.4, 0.5) is 19.0 Å². The summed E-state index contributed by atoms with van der Waals surface area (Å²) in [5, 5.41) is 1.28. The lowest BCUT2D eigenvalue weighted by molar-refractivity contribution is -0.147. The molecule has 3 N–H and O–H groups in total. The predicted molar refractivity (Wildman–Crippen MR) is 87.7 cm³/mol. The number of hydrogen-bond acceptors (Lipinski definition) is 4. The smallest absolute Gasteiger partial charge is 0.366 e. The van der Waals surface area contributed by atoms with Gasteiger partial charge in [0.25, 0.3) is 5.91 Å². The Kier molecular flexibility index (Phi) is 7.22. The van der Waals surface area contributed by atoms with E-state index < -0.39 is 18.0 Å². The molecule has 0 radical (unpaired) electrons. The summed E-state index contributed by atoms with van der Waals surface area (Å²) in [6.07, 6.45) is -1.50. The van der Waals surface area contributed by atoms with Crippen LogP contribution < -0.4 is 16.2 Å². The molecule has 1 aromatic rings. The number of amides is 2. The van der Waals surface area contributed by atoms with Crippen LogP contribution in [0.15, 0.2) is 24.9 Å². The van der Waals surface area contributed by atoms with Crippen molar-refractivity contribution in [2.75, 3.05) is 5.01 Å². The second-order valence-electron chi connectivity index (χ2n) is 5.13. The van der Waals surface area contributed by atoms with Crippen LogP contribution in [0.3, 0.4) is 0 Å². The summed E-state index contributed by atoms with van der Waals surface area (Å²) in [6, 6.07) is 2.94. The number of nitrogens with two attached hydrogens (primary N) is 1. The van der Waals surface area contributed by atoms with E-state index in [1.165, 1.54) is 23.3 Å². The Morgan fingerprint density at radius 1 is 1.48 bits per heavy atom. The first-order chi connectivity index (χ1) is 11.6. The molecule has 0 saturated heterocycles. The van der Waals surface area contributed by atoms with Gasteiger partial charge in [-0.1, -0.05) is 25.1 Å². The van der Waals surface area contributed by atoms with Gasteiger partial charge in [-0.3, -0.25) is 15.0 Å². The van der Waals surface area contributed by atoms with Crippen LogP contribution in [0.2, 0.25) is 5.15 Å². The average Bonchev–Trinajstić information content (AvgIpc) is 3.37. The molecule has 1 fully saturated rings. The zero-order valence-corrected chi connectivity index (χ0v) is 14.2. The molecule has 1 aliphatic rings. The van der Waals surface area contributed by atoms with Gasteiger partial charge in [0.05, 0.1) is 11.5 Å². The summed E-state index contributed by atoms with van der Waals surface area (Å²) < 4.78 is 33.7. The van der Waals surface area contributed by atoms with Crippen LogP contribution in [-0.2, 0) is 4.79 Å². The number of rotatable bonds is 5. The molecule has 0 atom stereocenters. The van der Waals surface area contributed by atoms with Crippen molar-refractivity contribution in [2.24, 2.45) is 11.7 Å². The summed E-state index contributed by atoms with van der Waals surface area (Å²) in [4.78, 5) is 26.2. The molecule has 2 rings (SSSR count). The van der Waals surface area contributed by atoms with Gasteiger partial charge in [0.1, 0.15) is 5.15 Å². The van der Waals surface area contributed by atoms with E-state index in [-0.39, 0.29) is 16.6 Å². The molecule has 6 nitrogen and oxygen atoms in total. The van der Waals surface area contributed by atoms with Gasteiger partial charge in [-0.2, -0.15) is 13.2 Å². The van der Waals surface area contributed by atoms with E-state index in [1.54, 1.807) is 6.92 Å². The maximum absolute atomic E-state index is 11.3. The lowest BCUT2D eigenvalue weighted by atomic mass is 10.2. The number of halogens is 4. The first-order valence-electron chi connectivity index (χ1n) is 7.34. The standard InChI is InChI=1S/C11H13ClN4O2.C4H5F3/c1-3-9(17)15-16(4-2)8-6-5-7(11(13)18)10(12)14-8;5-4(6,7)3-1-2-3/h4-6H,2-3H2,1H3,(H2,13,18)(H,15,17);3H,1-2H2. The minimum absolute atomic E-state index is 0.0300. The third-order valence-electron chi connectivity index (χ3n) is 3.14. The fourth-order valence-electron chi connectivity index (χ4n) is 1.56. The third-order valence-corrected chi connectivity index (χ3v) is 3.42. The van der Waals surface area contributed by atoms with Crippen molar-refractivity contribution in [3.05, 3.63) is 35.6 Å². The van der Waals surface area contributed by atoms with Crippen molar-refractivity contribution < 1.29 is 22.8 Å². The van der Waals surface area contributed by atoms with E-state index in [9.17, 15) is 22.8 Å². The molecule has 0 aromatic carbocycles. The molecule has 2 amide bonds. The molecule has 0 aliphatic heterocycles. The van der Waals surface area contributed by atoms with Crippen molar-refractivity contribution >= 4 is 29.2 Å². The molecule has 1 heterocycles. The molecular weight excluding hydrogens is 361 g/mol. The Labute approximate surface area is 147 Å².